The summed E-state index contributed by atoms with van der Waals surface area (Å²) in [5, 5.41) is 16.4. The molecule has 0 radical (unpaired) electrons. The number of hydrogen-bond acceptors (Lipinski definition) is 3. The summed E-state index contributed by atoms with van der Waals surface area (Å²) in [7, 11) is 0. The van der Waals surface area contributed by atoms with Crippen molar-refractivity contribution in [2.24, 2.45) is 10.9 Å². The van der Waals surface area contributed by atoms with Gasteiger partial charge in [-0.25, -0.2) is 4.99 Å². The molecule has 0 aliphatic carbocycles. The van der Waals surface area contributed by atoms with Crippen LogP contribution in [0.1, 0.15) is 24.0 Å². The fourth-order valence-corrected chi connectivity index (χ4v) is 3.20. The standard InChI is InChI=1S/C14H12BrN3O2/c1-7-11(14(19)20)12(8-4-2-3-5-10(8)15)9-6-16-18-13(9)17-7/h2-6,11-12H,1H3,(H,16,18)(H,19,20). The van der Waals surface area contributed by atoms with Crippen molar-refractivity contribution in [2.45, 2.75) is 12.8 Å². The van der Waals surface area contributed by atoms with E-state index in [1.165, 1.54) is 0 Å². The maximum absolute atomic E-state index is 11.7. The molecule has 0 fully saturated rings. The molecule has 2 N–H and O–H groups in total. The van der Waals surface area contributed by atoms with E-state index in [2.05, 4.69) is 31.1 Å². The van der Waals surface area contributed by atoms with Gasteiger partial charge in [-0.2, -0.15) is 5.10 Å². The molecule has 2 unspecified atom stereocenters. The van der Waals surface area contributed by atoms with E-state index >= 15 is 0 Å². The van der Waals surface area contributed by atoms with Gasteiger partial charge in [0.15, 0.2) is 5.82 Å². The van der Waals surface area contributed by atoms with Crippen molar-refractivity contribution in [3.63, 3.8) is 0 Å². The molecule has 2 aromatic rings. The first-order chi connectivity index (χ1) is 9.59. The van der Waals surface area contributed by atoms with Crippen LogP contribution in [0.3, 0.4) is 0 Å². The highest BCUT2D eigenvalue weighted by atomic mass is 79.9. The number of H-pyrrole nitrogens is 1. The minimum atomic E-state index is -0.876. The second-order valence-corrected chi connectivity index (χ2v) is 5.60. The van der Waals surface area contributed by atoms with Gasteiger partial charge in [-0.1, -0.05) is 34.1 Å². The molecule has 0 spiro atoms. The molecule has 0 bridgehead atoms. The van der Waals surface area contributed by atoms with Crippen molar-refractivity contribution in [1.29, 1.82) is 0 Å². The molecule has 1 aromatic heterocycles. The first-order valence-electron chi connectivity index (χ1n) is 6.15. The quantitative estimate of drug-likeness (QED) is 0.886. The SMILES string of the molecule is CC1=Nc2[nH]ncc2C(c2ccccc2Br)C1C(=O)O. The molecule has 0 amide bonds. The van der Waals surface area contributed by atoms with Crippen LogP contribution in [0.25, 0.3) is 0 Å². The van der Waals surface area contributed by atoms with Gasteiger partial charge in [0.2, 0.25) is 0 Å². The van der Waals surface area contributed by atoms with Gasteiger partial charge < -0.3 is 5.11 Å². The highest BCUT2D eigenvalue weighted by Crippen LogP contribution is 2.43. The highest BCUT2D eigenvalue weighted by molar-refractivity contribution is 9.10. The van der Waals surface area contributed by atoms with E-state index in [0.717, 1.165) is 15.6 Å². The zero-order chi connectivity index (χ0) is 14.3. The molecule has 2 atom stereocenters. The predicted molar refractivity (Wildman–Crippen MR) is 78.5 cm³/mol. The number of benzene rings is 1. The maximum atomic E-state index is 11.7. The summed E-state index contributed by atoms with van der Waals surface area (Å²) >= 11 is 3.51. The Morgan fingerprint density at radius 1 is 1.35 bits per heavy atom. The summed E-state index contributed by atoms with van der Waals surface area (Å²) in [6.07, 6.45) is 1.66. The number of aliphatic carboxylic acids is 1. The van der Waals surface area contributed by atoms with E-state index < -0.39 is 11.9 Å². The Labute approximate surface area is 123 Å². The first kappa shape index (κ1) is 13.1. The normalized spacial score (nSPS) is 21.2. The number of rotatable bonds is 2. The van der Waals surface area contributed by atoms with Crippen LogP contribution in [0.4, 0.5) is 5.82 Å². The summed E-state index contributed by atoms with van der Waals surface area (Å²) in [4.78, 5) is 16.0. The summed E-state index contributed by atoms with van der Waals surface area (Å²) < 4.78 is 0.887. The molecule has 20 heavy (non-hydrogen) atoms. The number of fused-ring (bicyclic) bond motifs is 1. The van der Waals surface area contributed by atoms with E-state index in [-0.39, 0.29) is 5.92 Å². The summed E-state index contributed by atoms with van der Waals surface area (Å²) in [5.74, 6) is -1.22. The average molecular weight is 334 g/mol. The van der Waals surface area contributed by atoms with E-state index in [1.807, 2.05) is 24.3 Å². The largest absolute Gasteiger partial charge is 0.481 e. The summed E-state index contributed by atoms with van der Waals surface area (Å²) in [6.45, 7) is 1.74. The lowest BCUT2D eigenvalue weighted by Crippen LogP contribution is -2.31. The van der Waals surface area contributed by atoms with Gasteiger partial charge in [-0.15, -0.1) is 0 Å². The third-order valence-corrected chi connectivity index (χ3v) is 4.28. The molecule has 1 aliphatic rings. The van der Waals surface area contributed by atoms with Crippen molar-refractivity contribution < 1.29 is 9.90 Å². The second-order valence-electron chi connectivity index (χ2n) is 4.74. The fourth-order valence-electron chi connectivity index (χ4n) is 2.67. The minimum absolute atomic E-state index is 0.297. The van der Waals surface area contributed by atoms with Crippen LogP contribution in [-0.4, -0.2) is 27.0 Å². The average Bonchev–Trinajstić information content (AvgIpc) is 2.85. The lowest BCUT2D eigenvalue weighted by molar-refractivity contribution is -0.139. The monoisotopic (exact) mass is 333 g/mol. The molecule has 6 heteroatoms. The van der Waals surface area contributed by atoms with Crippen molar-refractivity contribution in [1.82, 2.24) is 10.2 Å². The highest BCUT2D eigenvalue weighted by Gasteiger charge is 2.39. The number of nitrogens with zero attached hydrogens (tertiary/aromatic N) is 2. The molecule has 2 heterocycles. The molecule has 102 valence electrons. The van der Waals surface area contributed by atoms with Crippen molar-refractivity contribution >= 4 is 33.4 Å². The molecule has 1 aromatic carbocycles. The van der Waals surface area contributed by atoms with E-state index in [4.69, 9.17) is 0 Å². The molecule has 0 saturated heterocycles. The van der Waals surface area contributed by atoms with Crippen LogP contribution in [0, 0.1) is 5.92 Å². The number of aliphatic imine (C=N–C) groups is 1. The van der Waals surface area contributed by atoms with Crippen LogP contribution < -0.4 is 0 Å². The summed E-state index contributed by atoms with van der Waals surface area (Å²) in [6, 6.07) is 7.65. The van der Waals surface area contributed by atoms with E-state index in [1.54, 1.807) is 13.1 Å². The Kier molecular flexibility index (Phi) is 3.17. The van der Waals surface area contributed by atoms with Gasteiger partial charge in [0.1, 0.15) is 5.92 Å². The zero-order valence-electron chi connectivity index (χ0n) is 10.7. The Morgan fingerprint density at radius 3 is 2.80 bits per heavy atom. The Bertz CT molecular complexity index is 708. The third kappa shape index (κ3) is 1.96. The number of hydrogen-bond donors (Lipinski definition) is 2. The maximum Gasteiger partial charge on any atom is 0.313 e. The second kappa shape index (κ2) is 4.86. The van der Waals surface area contributed by atoms with Gasteiger partial charge in [-0.3, -0.25) is 9.89 Å². The van der Waals surface area contributed by atoms with E-state index in [9.17, 15) is 9.90 Å². The molecular weight excluding hydrogens is 322 g/mol. The van der Waals surface area contributed by atoms with Crippen LogP contribution >= 0.6 is 15.9 Å². The number of aromatic nitrogens is 2. The van der Waals surface area contributed by atoms with Gasteiger partial charge >= 0.3 is 5.97 Å². The van der Waals surface area contributed by atoms with Gasteiger partial charge in [0, 0.05) is 21.7 Å². The van der Waals surface area contributed by atoms with Gasteiger partial charge in [-0.05, 0) is 18.6 Å². The molecule has 5 nitrogen and oxygen atoms in total. The zero-order valence-corrected chi connectivity index (χ0v) is 12.3. The van der Waals surface area contributed by atoms with Crippen LogP contribution in [0.5, 0.6) is 0 Å². The van der Waals surface area contributed by atoms with Crippen molar-refractivity contribution in [3.8, 4) is 0 Å². The lowest BCUT2D eigenvalue weighted by Gasteiger charge is -2.28. The Hall–Kier alpha value is -1.95. The fraction of sp³-hybridized carbons (Fsp3) is 0.214. The van der Waals surface area contributed by atoms with Crippen molar-refractivity contribution in [2.75, 3.05) is 0 Å². The predicted octanol–water partition coefficient (Wildman–Crippen LogP) is 3.11. The topological polar surface area (TPSA) is 78.3 Å². The lowest BCUT2D eigenvalue weighted by atomic mass is 9.77. The Balaban J connectivity index is 2.23. The molecule has 0 saturated carbocycles. The van der Waals surface area contributed by atoms with Crippen LogP contribution in [0.2, 0.25) is 0 Å². The molecule has 1 aliphatic heterocycles. The minimum Gasteiger partial charge on any atom is -0.481 e. The van der Waals surface area contributed by atoms with Gasteiger partial charge in [0.25, 0.3) is 0 Å². The van der Waals surface area contributed by atoms with Crippen molar-refractivity contribution in [3.05, 3.63) is 46.1 Å². The molecule has 3 rings (SSSR count). The number of carboxylic acid groups (broad SMARTS) is 1. The van der Waals surface area contributed by atoms with Gasteiger partial charge in [0.05, 0.1) is 6.20 Å². The Morgan fingerprint density at radius 2 is 2.10 bits per heavy atom. The number of nitrogens with one attached hydrogen (secondary N) is 1. The summed E-state index contributed by atoms with van der Waals surface area (Å²) in [5.41, 5.74) is 2.32. The first-order valence-corrected chi connectivity index (χ1v) is 6.94. The smallest absolute Gasteiger partial charge is 0.313 e. The van der Waals surface area contributed by atoms with Crippen LogP contribution in [0.15, 0.2) is 39.9 Å². The van der Waals surface area contributed by atoms with Crippen LogP contribution in [-0.2, 0) is 4.79 Å². The number of carboxylic acids is 1. The molecular formula is C14H12BrN3O2. The third-order valence-electron chi connectivity index (χ3n) is 3.56. The number of halogens is 1. The number of aromatic amines is 1. The van der Waals surface area contributed by atoms with E-state index in [0.29, 0.717) is 11.5 Å². The number of carbonyl (C=O) groups is 1.